The highest BCUT2D eigenvalue weighted by molar-refractivity contribution is 6.02. The maximum absolute atomic E-state index is 12.0. The van der Waals surface area contributed by atoms with Crippen molar-refractivity contribution in [2.24, 2.45) is 5.73 Å². The largest absolute Gasteiger partial charge is 0.497 e. The first kappa shape index (κ1) is 26.9. The minimum atomic E-state index is -0.727. The molecule has 4 rings (SSSR count). The molecule has 198 valence electrons. The van der Waals surface area contributed by atoms with Crippen molar-refractivity contribution in [2.45, 2.75) is 18.6 Å². The second-order valence-corrected chi connectivity index (χ2v) is 8.76. The Morgan fingerprint density at radius 1 is 1.03 bits per heavy atom. The Bertz CT molecular complexity index is 1350. The molecule has 9 heteroatoms. The van der Waals surface area contributed by atoms with Crippen LogP contribution in [-0.2, 0) is 6.42 Å². The SMILES string of the molecule is COc1ccc2c(Oc3ccc(C[C@@H](CO)NC[C@H](O)COc4ccccc4)cc3)c(C(N)=O)cnc2c1. The number of hydrogen-bond donors (Lipinski definition) is 4. The predicted octanol–water partition coefficient (Wildman–Crippen LogP) is 3.07. The number of nitrogens with one attached hydrogen (secondary N) is 1. The van der Waals surface area contributed by atoms with Gasteiger partial charge in [0.2, 0.25) is 0 Å². The molecule has 4 aromatic rings. The van der Waals surface area contributed by atoms with Crippen LogP contribution in [0.25, 0.3) is 10.9 Å². The van der Waals surface area contributed by atoms with Crippen LogP contribution in [0.2, 0.25) is 0 Å². The number of amides is 1. The van der Waals surface area contributed by atoms with Gasteiger partial charge in [0.15, 0.2) is 5.75 Å². The molecule has 0 spiro atoms. The number of benzene rings is 3. The maximum atomic E-state index is 12.0. The van der Waals surface area contributed by atoms with Gasteiger partial charge in [-0.15, -0.1) is 0 Å². The maximum Gasteiger partial charge on any atom is 0.254 e. The first-order valence-corrected chi connectivity index (χ1v) is 12.2. The van der Waals surface area contributed by atoms with E-state index in [1.165, 1.54) is 6.20 Å². The van der Waals surface area contributed by atoms with Crippen molar-refractivity contribution in [2.75, 3.05) is 26.9 Å². The fourth-order valence-electron chi connectivity index (χ4n) is 3.93. The van der Waals surface area contributed by atoms with Crippen molar-refractivity contribution < 1.29 is 29.2 Å². The molecule has 1 aromatic heterocycles. The van der Waals surface area contributed by atoms with Crippen molar-refractivity contribution in [1.29, 1.82) is 0 Å². The minimum Gasteiger partial charge on any atom is -0.497 e. The quantitative estimate of drug-likeness (QED) is 0.212. The molecular weight excluding hydrogens is 486 g/mol. The van der Waals surface area contributed by atoms with E-state index in [9.17, 15) is 15.0 Å². The molecule has 9 nitrogen and oxygen atoms in total. The summed E-state index contributed by atoms with van der Waals surface area (Å²) in [6, 6.07) is 21.6. The fourth-order valence-corrected chi connectivity index (χ4v) is 3.93. The summed E-state index contributed by atoms with van der Waals surface area (Å²) in [6.07, 6.45) is 1.20. The molecule has 2 atom stereocenters. The molecule has 1 heterocycles. The van der Waals surface area contributed by atoms with Gasteiger partial charge in [-0.05, 0) is 48.4 Å². The molecule has 1 amide bonds. The number of carbonyl (C=O) groups excluding carboxylic acids is 1. The minimum absolute atomic E-state index is 0.0983. The van der Waals surface area contributed by atoms with Gasteiger partial charge in [0.25, 0.3) is 5.91 Å². The van der Waals surface area contributed by atoms with Gasteiger partial charge < -0.3 is 35.5 Å². The number of carbonyl (C=O) groups is 1. The number of aromatic nitrogens is 1. The average Bonchev–Trinajstić information content (AvgIpc) is 2.95. The number of rotatable bonds is 13. The molecule has 5 N–H and O–H groups in total. The van der Waals surface area contributed by atoms with Crippen LogP contribution in [0.15, 0.2) is 79.0 Å². The first-order chi connectivity index (χ1) is 18.5. The van der Waals surface area contributed by atoms with Crippen LogP contribution in [-0.4, -0.2) is 60.1 Å². The van der Waals surface area contributed by atoms with Crippen LogP contribution < -0.4 is 25.3 Å². The van der Waals surface area contributed by atoms with Gasteiger partial charge in [-0.3, -0.25) is 9.78 Å². The molecule has 0 aliphatic rings. The van der Waals surface area contributed by atoms with Crippen molar-refractivity contribution in [3.63, 3.8) is 0 Å². The van der Waals surface area contributed by atoms with Crippen LogP contribution in [0.1, 0.15) is 15.9 Å². The lowest BCUT2D eigenvalue weighted by atomic mass is 10.1. The monoisotopic (exact) mass is 517 g/mol. The lowest BCUT2D eigenvalue weighted by Crippen LogP contribution is -2.41. The molecule has 38 heavy (non-hydrogen) atoms. The number of pyridine rings is 1. The molecule has 0 aliphatic carbocycles. The van der Waals surface area contributed by atoms with E-state index in [0.29, 0.717) is 40.3 Å². The second-order valence-electron chi connectivity index (χ2n) is 8.76. The van der Waals surface area contributed by atoms with E-state index in [-0.39, 0.29) is 31.4 Å². The number of fused-ring (bicyclic) bond motifs is 1. The van der Waals surface area contributed by atoms with Crippen molar-refractivity contribution >= 4 is 16.8 Å². The highest BCUT2D eigenvalue weighted by Crippen LogP contribution is 2.34. The third-order valence-corrected chi connectivity index (χ3v) is 5.97. The molecule has 0 saturated carbocycles. The van der Waals surface area contributed by atoms with E-state index >= 15 is 0 Å². The number of aliphatic hydroxyl groups excluding tert-OH is 2. The molecule has 0 radical (unpaired) electrons. The van der Waals surface area contributed by atoms with Crippen LogP contribution in [0.4, 0.5) is 0 Å². The van der Waals surface area contributed by atoms with Gasteiger partial charge in [-0.1, -0.05) is 30.3 Å². The summed E-state index contributed by atoms with van der Waals surface area (Å²) in [5.74, 6) is 1.52. The molecule has 0 aliphatic heterocycles. The topological polar surface area (TPSA) is 136 Å². The van der Waals surface area contributed by atoms with Gasteiger partial charge in [-0.25, -0.2) is 0 Å². The molecule has 0 fully saturated rings. The number of methoxy groups -OCH3 is 1. The Morgan fingerprint density at radius 2 is 1.76 bits per heavy atom. The molecule has 0 unspecified atom stereocenters. The third-order valence-electron chi connectivity index (χ3n) is 5.97. The van der Waals surface area contributed by atoms with Gasteiger partial charge in [0.1, 0.15) is 35.5 Å². The van der Waals surface area contributed by atoms with Crippen LogP contribution in [0.5, 0.6) is 23.0 Å². The fraction of sp³-hybridized carbons (Fsp3) is 0.241. The van der Waals surface area contributed by atoms with Gasteiger partial charge in [0, 0.05) is 30.2 Å². The number of para-hydroxylation sites is 1. The van der Waals surface area contributed by atoms with Crippen LogP contribution in [0, 0.1) is 0 Å². The number of nitrogens with zero attached hydrogens (tertiary/aromatic N) is 1. The summed E-state index contributed by atoms with van der Waals surface area (Å²) in [5, 5.41) is 23.9. The van der Waals surface area contributed by atoms with E-state index < -0.39 is 12.0 Å². The van der Waals surface area contributed by atoms with Crippen molar-refractivity contribution in [1.82, 2.24) is 10.3 Å². The van der Waals surface area contributed by atoms with Gasteiger partial charge in [0.05, 0.1) is 19.2 Å². The lowest BCUT2D eigenvalue weighted by Gasteiger charge is -2.19. The summed E-state index contributed by atoms with van der Waals surface area (Å²) >= 11 is 0. The van der Waals surface area contributed by atoms with Crippen molar-refractivity contribution in [3.8, 4) is 23.0 Å². The Kier molecular flexibility index (Phi) is 9.10. The highest BCUT2D eigenvalue weighted by Gasteiger charge is 2.17. The van der Waals surface area contributed by atoms with E-state index in [2.05, 4.69) is 10.3 Å². The zero-order valence-corrected chi connectivity index (χ0v) is 21.0. The first-order valence-electron chi connectivity index (χ1n) is 12.2. The average molecular weight is 518 g/mol. The Labute approximate surface area is 220 Å². The molecular formula is C29H31N3O6. The van der Waals surface area contributed by atoms with E-state index in [4.69, 9.17) is 19.9 Å². The predicted molar refractivity (Wildman–Crippen MR) is 144 cm³/mol. The van der Waals surface area contributed by atoms with Crippen LogP contribution >= 0.6 is 0 Å². The molecule has 0 saturated heterocycles. The standard InChI is InChI=1S/C29H31N3O6/c1-36-24-11-12-25-27(14-24)32-16-26(29(30)35)28(25)38-23-9-7-19(8-10-23)13-20(17-33)31-15-21(34)18-37-22-5-3-2-4-6-22/h2-12,14,16,20-21,31,33-34H,13,15,17-18H2,1H3,(H2,30,35)/t20-,21-/m0/s1. The van der Waals surface area contributed by atoms with E-state index in [1.807, 2.05) is 42.5 Å². The number of aliphatic hydroxyl groups is 2. The highest BCUT2D eigenvalue weighted by atomic mass is 16.5. The molecule has 0 bridgehead atoms. The van der Waals surface area contributed by atoms with E-state index in [1.54, 1.807) is 37.4 Å². The Hall–Kier alpha value is -4.18. The van der Waals surface area contributed by atoms with Crippen molar-refractivity contribution in [3.05, 3.63) is 90.1 Å². The zero-order valence-electron chi connectivity index (χ0n) is 21.0. The molecule has 3 aromatic carbocycles. The summed E-state index contributed by atoms with van der Waals surface area (Å²) in [7, 11) is 1.57. The number of primary amides is 1. The third kappa shape index (κ3) is 6.98. The second kappa shape index (κ2) is 12.9. The Morgan fingerprint density at radius 3 is 2.45 bits per heavy atom. The number of nitrogens with two attached hydrogens (primary N) is 1. The number of hydrogen-bond acceptors (Lipinski definition) is 8. The Balaban J connectivity index is 1.38. The van der Waals surface area contributed by atoms with E-state index in [0.717, 1.165) is 5.56 Å². The van der Waals surface area contributed by atoms with Crippen LogP contribution in [0.3, 0.4) is 0 Å². The summed E-state index contributed by atoms with van der Waals surface area (Å²) in [6.45, 7) is 0.318. The lowest BCUT2D eigenvalue weighted by molar-refractivity contribution is 0.0995. The summed E-state index contributed by atoms with van der Waals surface area (Å²) in [5.41, 5.74) is 7.30. The smallest absolute Gasteiger partial charge is 0.254 e. The summed E-state index contributed by atoms with van der Waals surface area (Å²) in [4.78, 5) is 16.3. The van der Waals surface area contributed by atoms with Gasteiger partial charge >= 0.3 is 0 Å². The normalized spacial score (nSPS) is 12.6. The number of ether oxygens (including phenoxy) is 3. The van der Waals surface area contributed by atoms with Gasteiger partial charge in [-0.2, -0.15) is 0 Å². The summed E-state index contributed by atoms with van der Waals surface area (Å²) < 4.78 is 16.9. The zero-order chi connectivity index (χ0) is 26.9.